The second-order valence-corrected chi connectivity index (χ2v) is 8.07. The Balaban J connectivity index is 2.03. The minimum atomic E-state index is -4.02. The maximum atomic E-state index is 12.5. The summed E-state index contributed by atoms with van der Waals surface area (Å²) in [6, 6.07) is 13.2. The van der Waals surface area contributed by atoms with Gasteiger partial charge in [0.05, 0.1) is 12.0 Å². The fourth-order valence-electron chi connectivity index (χ4n) is 2.60. The van der Waals surface area contributed by atoms with Gasteiger partial charge in [0, 0.05) is 6.54 Å². The van der Waals surface area contributed by atoms with Crippen LogP contribution in [-0.4, -0.2) is 40.1 Å². The normalized spacial score (nSPS) is 13.2. The number of hydrogen-bond acceptors (Lipinski definition) is 6. The molecular weight excluding hydrogens is 396 g/mol. The van der Waals surface area contributed by atoms with Gasteiger partial charge in [-0.15, -0.1) is 0 Å². The fourth-order valence-corrected chi connectivity index (χ4v) is 3.14. The molecule has 8 nitrogen and oxygen atoms in total. The molecule has 0 spiro atoms. The molecule has 0 radical (unpaired) electrons. The number of hydrogen-bond donors (Lipinski definition) is 2. The van der Waals surface area contributed by atoms with E-state index in [9.17, 15) is 18.0 Å². The number of ether oxygens (including phenoxy) is 2. The van der Waals surface area contributed by atoms with Crippen LogP contribution in [0.1, 0.15) is 35.7 Å². The predicted octanol–water partition coefficient (Wildman–Crippen LogP) is 1.81. The quantitative estimate of drug-likeness (QED) is 0.628. The van der Waals surface area contributed by atoms with Crippen LogP contribution in [0, 0.1) is 0 Å². The average molecular weight is 420 g/mol. The van der Waals surface area contributed by atoms with Gasteiger partial charge in [0.1, 0.15) is 11.3 Å². The maximum Gasteiger partial charge on any atom is 0.342 e. The summed E-state index contributed by atoms with van der Waals surface area (Å²) in [5, 5.41) is 7.84. The SMILES string of the molecule is COc1ccc(S(N)(=O)=O)cc1C(=O)O[C@@H](C)C(=O)NC[C@H](C)c1ccccc1. The Bertz CT molecular complexity index is 976. The summed E-state index contributed by atoms with van der Waals surface area (Å²) in [5.74, 6) is -1.18. The monoisotopic (exact) mass is 420 g/mol. The number of carbonyl (C=O) groups is 2. The molecule has 2 aromatic rings. The minimum Gasteiger partial charge on any atom is -0.496 e. The Morgan fingerprint density at radius 3 is 2.34 bits per heavy atom. The molecule has 2 atom stereocenters. The molecule has 0 aliphatic heterocycles. The van der Waals surface area contributed by atoms with Gasteiger partial charge < -0.3 is 14.8 Å². The predicted molar refractivity (Wildman–Crippen MR) is 107 cm³/mol. The lowest BCUT2D eigenvalue weighted by Crippen LogP contribution is -2.37. The number of benzene rings is 2. The third kappa shape index (κ3) is 6.03. The maximum absolute atomic E-state index is 12.5. The fraction of sp³-hybridized carbons (Fsp3) is 0.300. The molecule has 156 valence electrons. The van der Waals surface area contributed by atoms with Crippen molar-refractivity contribution in [3.05, 3.63) is 59.7 Å². The summed E-state index contributed by atoms with van der Waals surface area (Å²) >= 11 is 0. The number of rotatable bonds is 8. The average Bonchev–Trinajstić information content (AvgIpc) is 2.70. The van der Waals surface area contributed by atoms with Crippen molar-refractivity contribution in [2.45, 2.75) is 30.8 Å². The zero-order valence-corrected chi connectivity index (χ0v) is 17.2. The summed E-state index contributed by atoms with van der Waals surface area (Å²) in [6.45, 7) is 3.77. The van der Waals surface area contributed by atoms with Crippen LogP contribution in [0.5, 0.6) is 5.75 Å². The molecule has 0 bridgehead atoms. The molecule has 0 aliphatic carbocycles. The highest BCUT2D eigenvalue weighted by molar-refractivity contribution is 7.89. The molecule has 3 N–H and O–H groups in total. The van der Waals surface area contributed by atoms with Crippen LogP contribution in [0.4, 0.5) is 0 Å². The number of sulfonamides is 1. The Kier molecular flexibility index (Phi) is 7.35. The molecule has 0 saturated carbocycles. The molecule has 9 heteroatoms. The summed E-state index contributed by atoms with van der Waals surface area (Å²) in [6.07, 6.45) is -1.09. The highest BCUT2D eigenvalue weighted by atomic mass is 32.2. The van der Waals surface area contributed by atoms with Gasteiger partial charge in [-0.1, -0.05) is 37.3 Å². The Morgan fingerprint density at radius 1 is 1.10 bits per heavy atom. The molecule has 0 heterocycles. The smallest absolute Gasteiger partial charge is 0.342 e. The first-order chi connectivity index (χ1) is 13.6. The van der Waals surface area contributed by atoms with Gasteiger partial charge in [0.2, 0.25) is 10.0 Å². The first-order valence-corrected chi connectivity index (χ1v) is 10.4. The van der Waals surface area contributed by atoms with Crippen molar-refractivity contribution in [3.8, 4) is 5.75 Å². The molecule has 0 saturated heterocycles. The summed E-state index contributed by atoms with van der Waals surface area (Å²) < 4.78 is 33.3. The Hall–Kier alpha value is -2.91. The third-order valence-corrected chi connectivity index (χ3v) is 5.23. The lowest BCUT2D eigenvalue weighted by molar-refractivity contribution is -0.129. The van der Waals surface area contributed by atoms with E-state index in [1.807, 2.05) is 37.3 Å². The molecule has 2 rings (SSSR count). The van der Waals surface area contributed by atoms with E-state index in [4.69, 9.17) is 14.6 Å². The number of esters is 1. The van der Waals surface area contributed by atoms with Gasteiger partial charge in [-0.2, -0.15) is 0 Å². The number of methoxy groups -OCH3 is 1. The van der Waals surface area contributed by atoms with E-state index in [0.29, 0.717) is 6.54 Å². The van der Waals surface area contributed by atoms with E-state index >= 15 is 0 Å². The Labute approximate surface area is 170 Å². The highest BCUT2D eigenvalue weighted by Crippen LogP contribution is 2.23. The van der Waals surface area contributed by atoms with E-state index in [2.05, 4.69) is 5.32 Å². The van der Waals surface area contributed by atoms with Crippen LogP contribution in [0.2, 0.25) is 0 Å². The van der Waals surface area contributed by atoms with E-state index in [0.717, 1.165) is 11.6 Å². The van der Waals surface area contributed by atoms with Crippen molar-refractivity contribution < 1.29 is 27.5 Å². The van der Waals surface area contributed by atoms with Crippen molar-refractivity contribution in [1.29, 1.82) is 0 Å². The third-order valence-electron chi connectivity index (χ3n) is 4.32. The van der Waals surface area contributed by atoms with Crippen molar-refractivity contribution in [1.82, 2.24) is 5.32 Å². The summed E-state index contributed by atoms with van der Waals surface area (Å²) in [5.41, 5.74) is 0.929. The number of carbonyl (C=O) groups excluding carboxylic acids is 2. The number of amides is 1. The van der Waals surface area contributed by atoms with Crippen LogP contribution in [0.25, 0.3) is 0 Å². The standard InChI is InChI=1S/C20H24N2O6S/c1-13(15-7-5-4-6-8-15)12-22-19(23)14(2)28-20(24)17-11-16(29(21,25)26)9-10-18(17)27-3/h4-11,13-14H,12H2,1-3H3,(H,22,23)(H2,21,25,26)/t13-,14-/m0/s1. The first-order valence-electron chi connectivity index (χ1n) is 8.88. The largest absolute Gasteiger partial charge is 0.496 e. The molecule has 0 aliphatic rings. The topological polar surface area (TPSA) is 125 Å². The Morgan fingerprint density at radius 2 is 1.76 bits per heavy atom. The van der Waals surface area contributed by atoms with Gasteiger partial charge in [-0.3, -0.25) is 4.79 Å². The number of nitrogens with one attached hydrogen (secondary N) is 1. The highest BCUT2D eigenvalue weighted by Gasteiger charge is 2.23. The van der Waals surface area contributed by atoms with Gasteiger partial charge >= 0.3 is 5.97 Å². The molecule has 1 amide bonds. The minimum absolute atomic E-state index is 0.0783. The van der Waals surface area contributed by atoms with Crippen molar-refractivity contribution >= 4 is 21.9 Å². The lowest BCUT2D eigenvalue weighted by Gasteiger charge is -2.17. The first kappa shape index (κ1) is 22.4. The van der Waals surface area contributed by atoms with Crippen molar-refractivity contribution in [2.75, 3.05) is 13.7 Å². The van der Waals surface area contributed by atoms with E-state index in [1.54, 1.807) is 0 Å². The van der Waals surface area contributed by atoms with E-state index < -0.39 is 28.0 Å². The van der Waals surface area contributed by atoms with Crippen LogP contribution in [0.3, 0.4) is 0 Å². The van der Waals surface area contributed by atoms with Crippen LogP contribution in [-0.2, 0) is 19.6 Å². The van der Waals surface area contributed by atoms with Gasteiger partial charge in [-0.05, 0) is 36.6 Å². The second kappa shape index (κ2) is 9.53. The second-order valence-electron chi connectivity index (χ2n) is 6.51. The van der Waals surface area contributed by atoms with Crippen LogP contribution >= 0.6 is 0 Å². The van der Waals surface area contributed by atoms with Crippen molar-refractivity contribution in [2.24, 2.45) is 5.14 Å². The number of primary sulfonamides is 1. The zero-order chi connectivity index (χ0) is 21.6. The molecular formula is C20H24N2O6S. The van der Waals surface area contributed by atoms with Crippen LogP contribution < -0.4 is 15.2 Å². The lowest BCUT2D eigenvalue weighted by atomic mass is 10.0. The van der Waals surface area contributed by atoms with E-state index in [1.165, 1.54) is 26.2 Å². The number of nitrogens with two attached hydrogens (primary N) is 1. The zero-order valence-electron chi connectivity index (χ0n) is 16.4. The molecule has 0 unspecified atom stereocenters. The molecule has 0 aromatic heterocycles. The molecule has 2 aromatic carbocycles. The summed E-state index contributed by atoms with van der Waals surface area (Å²) in [4.78, 5) is 24.5. The van der Waals surface area contributed by atoms with E-state index in [-0.39, 0.29) is 22.1 Å². The van der Waals surface area contributed by atoms with Crippen molar-refractivity contribution in [3.63, 3.8) is 0 Å². The molecule has 29 heavy (non-hydrogen) atoms. The van der Waals surface area contributed by atoms with Crippen LogP contribution in [0.15, 0.2) is 53.4 Å². The van der Waals surface area contributed by atoms with Gasteiger partial charge in [-0.25, -0.2) is 18.4 Å². The summed E-state index contributed by atoms with van der Waals surface area (Å²) in [7, 11) is -2.69. The molecule has 0 fully saturated rings. The van der Waals surface area contributed by atoms with Gasteiger partial charge in [0.25, 0.3) is 5.91 Å². The van der Waals surface area contributed by atoms with Gasteiger partial charge in [0.15, 0.2) is 6.10 Å².